The fourth-order valence-corrected chi connectivity index (χ4v) is 1.67. The van der Waals surface area contributed by atoms with Crippen molar-refractivity contribution < 1.29 is 0 Å². The zero-order chi connectivity index (χ0) is 12.8. The Kier molecular flexibility index (Phi) is 3.94. The number of tetrazole rings is 1. The molecule has 2 N–H and O–H groups in total. The van der Waals surface area contributed by atoms with Crippen LogP contribution in [-0.2, 0) is 0 Å². The molecule has 1 heterocycles. The van der Waals surface area contributed by atoms with Gasteiger partial charge in [0.05, 0.1) is 0 Å². The van der Waals surface area contributed by atoms with Crippen molar-refractivity contribution in [1.82, 2.24) is 20.6 Å². The average Bonchev–Trinajstić information content (AvgIpc) is 2.94. The molecule has 0 unspecified atom stereocenters. The summed E-state index contributed by atoms with van der Waals surface area (Å²) in [5.41, 5.74) is 1.21. The molecule has 90 valence electrons. The van der Waals surface area contributed by atoms with Crippen LogP contribution in [0.25, 0.3) is 5.57 Å². The largest absolute Gasteiger partial charge is 0.360 e. The van der Waals surface area contributed by atoms with Gasteiger partial charge in [-0.2, -0.15) is 10.5 Å². The highest BCUT2D eigenvalue weighted by Gasteiger charge is 2.04. The molecule has 0 bridgehead atoms. The van der Waals surface area contributed by atoms with E-state index in [1.807, 2.05) is 36.6 Å². The monoisotopic (exact) mass is 258 g/mol. The Bertz CT molecular complexity index is 567. The lowest BCUT2D eigenvalue weighted by Gasteiger charge is -2.02. The average molecular weight is 258 g/mol. The van der Waals surface area contributed by atoms with Gasteiger partial charge in [-0.1, -0.05) is 0 Å². The SMILES string of the molecule is CSc1ccc(NC=C(C#N)c2nn[nH]n2)cc1. The number of aromatic amines is 1. The van der Waals surface area contributed by atoms with Crippen LogP contribution < -0.4 is 5.32 Å². The summed E-state index contributed by atoms with van der Waals surface area (Å²) in [6, 6.07) is 9.89. The van der Waals surface area contributed by atoms with E-state index < -0.39 is 0 Å². The molecule has 0 saturated heterocycles. The highest BCUT2D eigenvalue weighted by Crippen LogP contribution is 2.18. The van der Waals surface area contributed by atoms with Gasteiger partial charge in [-0.05, 0) is 35.7 Å². The number of rotatable bonds is 4. The van der Waals surface area contributed by atoms with Gasteiger partial charge in [0.2, 0.25) is 5.82 Å². The van der Waals surface area contributed by atoms with Crippen LogP contribution in [0.5, 0.6) is 0 Å². The molecule has 0 radical (unpaired) electrons. The Morgan fingerprint density at radius 3 is 2.78 bits per heavy atom. The van der Waals surface area contributed by atoms with Crippen molar-refractivity contribution in [3.05, 3.63) is 36.3 Å². The van der Waals surface area contributed by atoms with Crippen LogP contribution in [0, 0.1) is 11.3 Å². The van der Waals surface area contributed by atoms with Crippen LogP contribution in [0.1, 0.15) is 5.82 Å². The number of hydrogen-bond donors (Lipinski definition) is 2. The van der Waals surface area contributed by atoms with Crippen molar-refractivity contribution in [2.24, 2.45) is 0 Å². The van der Waals surface area contributed by atoms with Gasteiger partial charge in [-0.25, -0.2) is 0 Å². The standard InChI is InChI=1S/C11H10N6S/c1-18-10-4-2-9(3-5-10)13-7-8(6-12)11-14-16-17-15-11/h2-5,7,13H,1H3,(H,14,15,16,17). The van der Waals surface area contributed by atoms with Crippen LogP contribution >= 0.6 is 11.8 Å². The molecule has 6 nitrogen and oxygen atoms in total. The molecule has 0 aliphatic rings. The van der Waals surface area contributed by atoms with E-state index in [1.54, 1.807) is 18.0 Å². The summed E-state index contributed by atoms with van der Waals surface area (Å²) in [6.45, 7) is 0. The molecule has 0 fully saturated rings. The Balaban J connectivity index is 2.11. The van der Waals surface area contributed by atoms with Crippen molar-refractivity contribution in [3.63, 3.8) is 0 Å². The van der Waals surface area contributed by atoms with Gasteiger partial charge in [0.1, 0.15) is 11.6 Å². The highest BCUT2D eigenvalue weighted by molar-refractivity contribution is 7.98. The van der Waals surface area contributed by atoms with Gasteiger partial charge in [0, 0.05) is 16.8 Å². The van der Waals surface area contributed by atoms with Crippen molar-refractivity contribution in [2.75, 3.05) is 11.6 Å². The first-order valence-electron chi connectivity index (χ1n) is 5.08. The quantitative estimate of drug-likeness (QED) is 0.643. The first kappa shape index (κ1) is 12.1. The van der Waals surface area contributed by atoms with E-state index in [9.17, 15) is 0 Å². The molecule has 18 heavy (non-hydrogen) atoms. The minimum atomic E-state index is 0.269. The van der Waals surface area contributed by atoms with E-state index in [4.69, 9.17) is 5.26 Å². The maximum absolute atomic E-state index is 8.97. The van der Waals surface area contributed by atoms with Crippen LogP contribution in [-0.4, -0.2) is 26.9 Å². The molecule has 0 aliphatic heterocycles. The summed E-state index contributed by atoms with van der Waals surface area (Å²) in [5, 5.41) is 25.2. The third-order valence-corrected chi connectivity index (χ3v) is 2.92. The second-order valence-electron chi connectivity index (χ2n) is 3.28. The summed E-state index contributed by atoms with van der Waals surface area (Å²) in [5.74, 6) is 0.269. The van der Waals surface area contributed by atoms with E-state index >= 15 is 0 Å². The number of hydrogen-bond acceptors (Lipinski definition) is 6. The Morgan fingerprint density at radius 2 is 2.22 bits per heavy atom. The predicted molar refractivity (Wildman–Crippen MR) is 69.6 cm³/mol. The molecule has 1 aromatic carbocycles. The van der Waals surface area contributed by atoms with Crippen molar-refractivity contribution in [1.29, 1.82) is 5.26 Å². The van der Waals surface area contributed by atoms with E-state index in [0.29, 0.717) is 5.57 Å². The zero-order valence-electron chi connectivity index (χ0n) is 9.58. The van der Waals surface area contributed by atoms with Gasteiger partial charge in [-0.15, -0.1) is 22.0 Å². The molecular weight excluding hydrogens is 248 g/mol. The molecule has 0 atom stereocenters. The number of nitriles is 1. The minimum absolute atomic E-state index is 0.269. The van der Waals surface area contributed by atoms with E-state index in [2.05, 4.69) is 25.9 Å². The third-order valence-electron chi connectivity index (χ3n) is 2.18. The molecule has 0 aliphatic carbocycles. The van der Waals surface area contributed by atoms with Gasteiger partial charge < -0.3 is 5.32 Å². The lowest BCUT2D eigenvalue weighted by atomic mass is 10.3. The fraction of sp³-hybridized carbons (Fsp3) is 0.0909. The lowest BCUT2D eigenvalue weighted by molar-refractivity contribution is 0.881. The molecule has 0 amide bonds. The van der Waals surface area contributed by atoms with Gasteiger partial charge >= 0.3 is 0 Å². The third kappa shape index (κ3) is 2.87. The first-order chi connectivity index (χ1) is 8.83. The molecule has 0 spiro atoms. The molecule has 0 saturated carbocycles. The summed E-state index contributed by atoms with van der Waals surface area (Å²) in [7, 11) is 0. The molecule has 2 aromatic rings. The number of aromatic nitrogens is 4. The summed E-state index contributed by atoms with van der Waals surface area (Å²) in [4.78, 5) is 1.18. The fourth-order valence-electron chi connectivity index (χ4n) is 1.27. The van der Waals surface area contributed by atoms with Gasteiger partial charge in [-0.3, -0.25) is 0 Å². The van der Waals surface area contributed by atoms with E-state index in [0.717, 1.165) is 5.69 Å². The maximum Gasteiger partial charge on any atom is 0.216 e. The number of nitrogens with zero attached hydrogens (tertiary/aromatic N) is 4. The molecule has 1 aromatic heterocycles. The van der Waals surface area contributed by atoms with E-state index in [1.165, 1.54) is 4.90 Å². The van der Waals surface area contributed by atoms with Crippen LogP contribution in [0.3, 0.4) is 0 Å². The number of allylic oxidation sites excluding steroid dienone is 1. The normalized spacial score (nSPS) is 11.0. The highest BCUT2D eigenvalue weighted by atomic mass is 32.2. The smallest absolute Gasteiger partial charge is 0.216 e. The van der Waals surface area contributed by atoms with Crippen molar-refractivity contribution in [2.45, 2.75) is 4.90 Å². The van der Waals surface area contributed by atoms with Crippen molar-refractivity contribution >= 4 is 23.0 Å². The predicted octanol–water partition coefficient (Wildman–Crippen LogP) is 1.90. The Labute approximate surface area is 108 Å². The van der Waals surface area contributed by atoms with Gasteiger partial charge in [0.15, 0.2) is 0 Å². The second kappa shape index (κ2) is 5.84. The summed E-state index contributed by atoms with van der Waals surface area (Å²) in [6.07, 6.45) is 3.57. The number of thioether (sulfide) groups is 1. The molecule has 7 heteroatoms. The number of H-pyrrole nitrogens is 1. The maximum atomic E-state index is 8.97. The van der Waals surface area contributed by atoms with Gasteiger partial charge in [0.25, 0.3) is 0 Å². The number of benzene rings is 1. The molecule has 2 rings (SSSR count). The summed E-state index contributed by atoms with van der Waals surface area (Å²) >= 11 is 1.68. The van der Waals surface area contributed by atoms with Crippen LogP contribution in [0.2, 0.25) is 0 Å². The van der Waals surface area contributed by atoms with Crippen LogP contribution in [0.15, 0.2) is 35.4 Å². The first-order valence-corrected chi connectivity index (χ1v) is 6.30. The zero-order valence-corrected chi connectivity index (χ0v) is 10.4. The Hall–Kier alpha value is -2.33. The Morgan fingerprint density at radius 1 is 1.44 bits per heavy atom. The lowest BCUT2D eigenvalue weighted by Crippen LogP contribution is -1.92. The van der Waals surface area contributed by atoms with Crippen molar-refractivity contribution in [3.8, 4) is 6.07 Å². The molecular formula is C11H10N6S. The number of anilines is 1. The van der Waals surface area contributed by atoms with E-state index in [-0.39, 0.29) is 5.82 Å². The summed E-state index contributed by atoms with van der Waals surface area (Å²) < 4.78 is 0. The topological polar surface area (TPSA) is 90.3 Å². The van der Waals surface area contributed by atoms with Crippen LogP contribution in [0.4, 0.5) is 5.69 Å². The minimum Gasteiger partial charge on any atom is -0.360 e. The second-order valence-corrected chi connectivity index (χ2v) is 4.16. The number of nitrogens with one attached hydrogen (secondary N) is 2.